The molecule has 0 saturated heterocycles. The second kappa shape index (κ2) is 13.1. The van der Waals surface area contributed by atoms with Crippen LogP contribution in [0.15, 0.2) is 24.3 Å². The van der Waals surface area contributed by atoms with Gasteiger partial charge in [0.05, 0.1) is 0 Å². The second-order valence-electron chi connectivity index (χ2n) is 6.14. The second-order valence-corrected chi connectivity index (χ2v) is 6.14. The number of hydrogen-bond acceptors (Lipinski definition) is 6. The van der Waals surface area contributed by atoms with Gasteiger partial charge in [-0.2, -0.15) is 0 Å². The number of carboxylic acid groups (broad SMARTS) is 1. The van der Waals surface area contributed by atoms with Crippen LogP contribution >= 0.6 is 0 Å². The van der Waals surface area contributed by atoms with E-state index in [0.29, 0.717) is 31.4 Å². The highest BCUT2D eigenvalue weighted by molar-refractivity contribution is 5.94. The van der Waals surface area contributed by atoms with Crippen molar-refractivity contribution in [2.24, 2.45) is 0 Å². The summed E-state index contributed by atoms with van der Waals surface area (Å²) in [6, 6.07) is 5.13. The molecule has 10 heteroatoms. The van der Waals surface area contributed by atoms with Crippen LogP contribution in [0.4, 0.5) is 9.18 Å². The van der Waals surface area contributed by atoms with Gasteiger partial charge in [-0.15, -0.1) is 0 Å². The maximum atomic E-state index is 12.8. The number of carboxylic acids is 1. The zero-order valence-electron chi connectivity index (χ0n) is 16.1. The Bertz CT molecular complexity index is 682. The molecule has 1 rings (SSSR count). The molecule has 0 heterocycles. The van der Waals surface area contributed by atoms with Gasteiger partial charge in [0.15, 0.2) is 6.23 Å². The van der Waals surface area contributed by atoms with Crippen molar-refractivity contribution in [1.29, 1.82) is 0 Å². The molecule has 3 N–H and O–H groups in total. The highest BCUT2D eigenvalue weighted by Crippen LogP contribution is 2.06. The third kappa shape index (κ3) is 9.54. The number of carbonyl (C=O) groups excluding carboxylic acids is 3. The van der Waals surface area contributed by atoms with Crippen molar-refractivity contribution in [1.82, 2.24) is 10.6 Å². The van der Waals surface area contributed by atoms with Crippen LogP contribution < -0.4 is 10.6 Å². The van der Waals surface area contributed by atoms with Gasteiger partial charge in [-0.05, 0) is 43.5 Å². The van der Waals surface area contributed by atoms with Crippen LogP contribution in [-0.4, -0.2) is 48.4 Å². The van der Waals surface area contributed by atoms with E-state index in [0.717, 1.165) is 0 Å². The summed E-state index contributed by atoms with van der Waals surface area (Å²) in [5, 5.41) is 13.9. The quantitative estimate of drug-likeness (QED) is 0.258. The SMILES string of the molecule is CCC[C@H](OC(=O)N[C@@H](CCCCNC(=O)c1ccc([18F])cc1)OC=O)C(=O)O. The molecular formula is C19H25FN2O7. The molecule has 0 radical (unpaired) electrons. The average molecular weight is 411 g/mol. The van der Waals surface area contributed by atoms with Gasteiger partial charge in [0, 0.05) is 18.5 Å². The van der Waals surface area contributed by atoms with Crippen LogP contribution in [0.3, 0.4) is 0 Å². The molecule has 0 fully saturated rings. The van der Waals surface area contributed by atoms with Crippen molar-refractivity contribution in [3.8, 4) is 0 Å². The minimum absolute atomic E-state index is 0.162. The van der Waals surface area contributed by atoms with Gasteiger partial charge in [0.25, 0.3) is 12.4 Å². The number of carbonyl (C=O) groups is 4. The van der Waals surface area contributed by atoms with Crippen molar-refractivity contribution in [3.63, 3.8) is 0 Å². The molecule has 2 amide bonds. The fourth-order valence-electron chi connectivity index (χ4n) is 2.39. The Morgan fingerprint density at radius 3 is 2.45 bits per heavy atom. The number of alkyl carbamates (subject to hydrolysis) is 1. The van der Waals surface area contributed by atoms with E-state index in [9.17, 15) is 23.6 Å². The number of ether oxygens (including phenoxy) is 2. The molecule has 1 aromatic rings. The minimum Gasteiger partial charge on any atom is -0.479 e. The molecular weight excluding hydrogens is 386 g/mol. The summed E-state index contributed by atoms with van der Waals surface area (Å²) in [5.74, 6) is -2.03. The summed E-state index contributed by atoms with van der Waals surface area (Å²) in [6.07, 6.45) is -1.33. The third-order valence-electron chi connectivity index (χ3n) is 3.86. The first-order chi connectivity index (χ1) is 13.9. The number of hydrogen-bond donors (Lipinski definition) is 3. The largest absolute Gasteiger partial charge is 0.479 e. The Hall–Kier alpha value is -3.17. The molecule has 0 aliphatic heterocycles. The summed E-state index contributed by atoms with van der Waals surface area (Å²) in [5.41, 5.74) is 0.332. The monoisotopic (exact) mass is 411 g/mol. The predicted molar refractivity (Wildman–Crippen MR) is 99.5 cm³/mol. The number of unbranched alkanes of at least 4 members (excludes halogenated alkanes) is 1. The Kier molecular flexibility index (Phi) is 10.8. The molecule has 0 aromatic heterocycles. The molecule has 0 saturated carbocycles. The summed E-state index contributed by atoms with van der Waals surface area (Å²) in [4.78, 5) is 45.3. The van der Waals surface area contributed by atoms with Gasteiger partial charge < -0.3 is 19.9 Å². The zero-order chi connectivity index (χ0) is 21.6. The topological polar surface area (TPSA) is 131 Å². The van der Waals surface area contributed by atoms with E-state index < -0.39 is 30.2 Å². The number of amides is 2. The van der Waals surface area contributed by atoms with Gasteiger partial charge >= 0.3 is 12.1 Å². The number of nitrogens with one attached hydrogen (secondary N) is 2. The van der Waals surface area contributed by atoms with E-state index >= 15 is 0 Å². The lowest BCUT2D eigenvalue weighted by Crippen LogP contribution is -2.40. The maximum Gasteiger partial charge on any atom is 0.410 e. The predicted octanol–water partition coefficient (Wildman–Crippen LogP) is 2.20. The smallest absolute Gasteiger partial charge is 0.410 e. The van der Waals surface area contributed by atoms with Crippen molar-refractivity contribution in [2.75, 3.05) is 6.54 Å². The van der Waals surface area contributed by atoms with Crippen molar-refractivity contribution in [2.45, 2.75) is 51.4 Å². The first kappa shape index (κ1) is 23.9. The highest BCUT2D eigenvalue weighted by atomic mass is 18.2. The lowest BCUT2D eigenvalue weighted by atomic mass is 10.2. The Morgan fingerprint density at radius 2 is 1.86 bits per heavy atom. The summed E-state index contributed by atoms with van der Waals surface area (Å²) in [6.45, 7) is 2.25. The molecule has 0 bridgehead atoms. The Balaban J connectivity index is 2.35. The van der Waals surface area contributed by atoms with Crippen molar-refractivity contribution >= 4 is 24.4 Å². The van der Waals surface area contributed by atoms with E-state index in [-0.39, 0.29) is 25.2 Å². The lowest BCUT2D eigenvalue weighted by Gasteiger charge is -2.19. The fourth-order valence-corrected chi connectivity index (χ4v) is 2.39. The molecule has 2 atom stereocenters. The lowest BCUT2D eigenvalue weighted by molar-refractivity contribution is -0.147. The third-order valence-corrected chi connectivity index (χ3v) is 3.86. The minimum atomic E-state index is -1.28. The number of halogens is 1. The summed E-state index contributed by atoms with van der Waals surface area (Å²) in [7, 11) is 0. The molecule has 0 aliphatic rings. The molecule has 9 nitrogen and oxygen atoms in total. The van der Waals surface area contributed by atoms with Gasteiger partial charge in [0.1, 0.15) is 5.82 Å². The molecule has 160 valence electrons. The van der Waals surface area contributed by atoms with Gasteiger partial charge in [-0.25, -0.2) is 14.0 Å². The van der Waals surface area contributed by atoms with Crippen LogP contribution in [0.5, 0.6) is 0 Å². The van der Waals surface area contributed by atoms with Crippen LogP contribution in [0.2, 0.25) is 0 Å². The normalized spacial score (nSPS) is 12.3. The van der Waals surface area contributed by atoms with Crippen molar-refractivity contribution < 1.29 is 38.1 Å². The van der Waals surface area contributed by atoms with Gasteiger partial charge in [-0.3, -0.25) is 14.9 Å². The molecule has 0 unspecified atom stereocenters. The van der Waals surface area contributed by atoms with Crippen LogP contribution in [0.1, 0.15) is 49.4 Å². The molecule has 0 aliphatic carbocycles. The Labute approximate surface area is 167 Å². The van der Waals surface area contributed by atoms with E-state index in [1.807, 2.05) is 0 Å². The average Bonchev–Trinajstić information content (AvgIpc) is 2.67. The maximum absolute atomic E-state index is 12.8. The highest BCUT2D eigenvalue weighted by Gasteiger charge is 2.23. The van der Waals surface area contributed by atoms with E-state index in [2.05, 4.69) is 10.6 Å². The first-order valence-electron chi connectivity index (χ1n) is 9.20. The summed E-state index contributed by atoms with van der Waals surface area (Å²) >= 11 is 0. The van der Waals surface area contributed by atoms with Gasteiger partial charge in [-0.1, -0.05) is 13.3 Å². The van der Waals surface area contributed by atoms with Crippen LogP contribution in [-0.2, 0) is 19.1 Å². The number of aliphatic carboxylic acids is 1. The van der Waals surface area contributed by atoms with E-state index in [1.54, 1.807) is 6.92 Å². The molecule has 29 heavy (non-hydrogen) atoms. The standard InChI is InChI=1S/C19H25FN2O7/c1-2-5-15(18(25)26)29-19(27)22-16(28-12-23)6-3-4-11-21-17(24)13-7-9-14(20)10-8-13/h7-10,12,15-16H,2-6,11H2,1H3,(H,21,24)(H,22,27)(H,25,26)/t15-,16+/m0/s1/i20-1. The Morgan fingerprint density at radius 1 is 1.17 bits per heavy atom. The van der Waals surface area contributed by atoms with Gasteiger partial charge in [0.2, 0.25) is 6.10 Å². The van der Waals surface area contributed by atoms with Crippen LogP contribution in [0.25, 0.3) is 0 Å². The van der Waals surface area contributed by atoms with Crippen LogP contribution in [0, 0.1) is 5.82 Å². The van der Waals surface area contributed by atoms with E-state index in [1.165, 1.54) is 24.3 Å². The molecule has 0 spiro atoms. The number of rotatable bonds is 13. The zero-order valence-corrected chi connectivity index (χ0v) is 16.1. The first-order valence-corrected chi connectivity index (χ1v) is 9.20. The molecule has 1 aromatic carbocycles. The fraction of sp³-hybridized carbons (Fsp3) is 0.474. The number of benzene rings is 1. The van der Waals surface area contributed by atoms with Crippen molar-refractivity contribution in [3.05, 3.63) is 35.6 Å². The summed E-state index contributed by atoms with van der Waals surface area (Å²) < 4.78 is 22.4. The van der Waals surface area contributed by atoms with E-state index in [4.69, 9.17) is 14.6 Å².